The van der Waals surface area contributed by atoms with E-state index in [1.165, 1.54) is 13.2 Å². The number of nitriles is 1. The summed E-state index contributed by atoms with van der Waals surface area (Å²) in [5, 5.41) is 11.8. The van der Waals surface area contributed by atoms with Gasteiger partial charge in [0.25, 0.3) is 5.91 Å². The fourth-order valence-electron chi connectivity index (χ4n) is 2.04. The van der Waals surface area contributed by atoms with E-state index >= 15 is 0 Å². The standard InChI is InChI=1S/C20H26N2O5/c1-6-26-16-9-7-15(11-17(16)25-5)8-10-19(24)27-12-18(23)22-20(4,13-21)14(2)3/h7-11,14H,6,12H2,1-5H3,(H,22,23)/b10-8+/t20-/m1/s1. The summed E-state index contributed by atoms with van der Waals surface area (Å²) in [6.45, 7) is 7.20. The Morgan fingerprint density at radius 1 is 1.33 bits per heavy atom. The largest absolute Gasteiger partial charge is 0.493 e. The van der Waals surface area contributed by atoms with Gasteiger partial charge in [0, 0.05) is 6.08 Å². The fraction of sp³-hybridized carbons (Fsp3) is 0.450. The lowest BCUT2D eigenvalue weighted by Gasteiger charge is -2.27. The van der Waals surface area contributed by atoms with E-state index in [0.717, 1.165) is 0 Å². The Bertz CT molecular complexity index is 736. The van der Waals surface area contributed by atoms with E-state index in [0.29, 0.717) is 23.7 Å². The van der Waals surface area contributed by atoms with Crippen molar-refractivity contribution in [2.24, 2.45) is 5.92 Å². The second kappa shape index (κ2) is 10.2. The van der Waals surface area contributed by atoms with Crippen molar-refractivity contribution in [3.8, 4) is 17.6 Å². The second-order valence-electron chi connectivity index (χ2n) is 6.30. The Balaban J connectivity index is 2.62. The molecule has 1 rings (SSSR count). The highest BCUT2D eigenvalue weighted by Crippen LogP contribution is 2.28. The quantitative estimate of drug-likeness (QED) is 0.527. The van der Waals surface area contributed by atoms with Gasteiger partial charge in [-0.1, -0.05) is 19.9 Å². The third-order valence-electron chi connectivity index (χ3n) is 4.03. The highest BCUT2D eigenvalue weighted by molar-refractivity contribution is 5.89. The van der Waals surface area contributed by atoms with Gasteiger partial charge >= 0.3 is 5.97 Å². The highest BCUT2D eigenvalue weighted by atomic mass is 16.5. The number of carbonyl (C=O) groups is 2. The maximum Gasteiger partial charge on any atom is 0.331 e. The van der Waals surface area contributed by atoms with Crippen LogP contribution in [0.5, 0.6) is 11.5 Å². The number of nitrogens with zero attached hydrogens (tertiary/aromatic N) is 1. The number of hydrogen-bond donors (Lipinski definition) is 1. The van der Waals surface area contributed by atoms with Gasteiger partial charge < -0.3 is 19.5 Å². The third kappa shape index (κ3) is 6.66. The number of esters is 1. The van der Waals surface area contributed by atoms with Crippen LogP contribution < -0.4 is 14.8 Å². The number of carbonyl (C=O) groups excluding carboxylic acids is 2. The topological polar surface area (TPSA) is 97.6 Å². The molecule has 0 unspecified atom stereocenters. The summed E-state index contributed by atoms with van der Waals surface area (Å²) >= 11 is 0. The SMILES string of the molecule is CCOc1ccc(/C=C/C(=O)OCC(=O)N[C@](C)(C#N)C(C)C)cc1OC. The number of nitrogens with one attached hydrogen (secondary N) is 1. The number of amides is 1. The van der Waals surface area contributed by atoms with Crippen LogP contribution in [0.25, 0.3) is 6.08 Å². The smallest absolute Gasteiger partial charge is 0.331 e. The summed E-state index contributed by atoms with van der Waals surface area (Å²) in [6.07, 6.45) is 2.76. The van der Waals surface area contributed by atoms with Crippen LogP contribution in [0.15, 0.2) is 24.3 Å². The van der Waals surface area contributed by atoms with Crippen molar-refractivity contribution in [2.75, 3.05) is 20.3 Å². The van der Waals surface area contributed by atoms with Crippen LogP contribution in [0.2, 0.25) is 0 Å². The summed E-state index contributed by atoms with van der Waals surface area (Å²) in [7, 11) is 1.53. The Kier molecular flexibility index (Phi) is 8.34. The average Bonchev–Trinajstić information content (AvgIpc) is 2.65. The lowest BCUT2D eigenvalue weighted by Crippen LogP contribution is -2.50. The second-order valence-corrected chi connectivity index (χ2v) is 6.30. The van der Waals surface area contributed by atoms with Gasteiger partial charge in [-0.2, -0.15) is 5.26 Å². The molecule has 0 aromatic heterocycles. The Labute approximate surface area is 159 Å². The monoisotopic (exact) mass is 374 g/mol. The summed E-state index contributed by atoms with van der Waals surface area (Å²) in [4.78, 5) is 23.7. The molecule has 1 N–H and O–H groups in total. The van der Waals surface area contributed by atoms with Crippen LogP contribution >= 0.6 is 0 Å². The average molecular weight is 374 g/mol. The van der Waals surface area contributed by atoms with E-state index in [2.05, 4.69) is 11.4 Å². The summed E-state index contributed by atoms with van der Waals surface area (Å²) in [5.41, 5.74) is -0.299. The van der Waals surface area contributed by atoms with E-state index in [1.807, 2.05) is 20.8 Å². The minimum atomic E-state index is -1.02. The van der Waals surface area contributed by atoms with E-state index in [-0.39, 0.29) is 5.92 Å². The van der Waals surface area contributed by atoms with Gasteiger partial charge in [-0.15, -0.1) is 0 Å². The molecule has 0 bridgehead atoms. The lowest BCUT2D eigenvalue weighted by molar-refractivity contribution is -0.144. The van der Waals surface area contributed by atoms with E-state index in [1.54, 1.807) is 31.2 Å². The van der Waals surface area contributed by atoms with Gasteiger partial charge in [-0.3, -0.25) is 4.79 Å². The molecule has 7 heteroatoms. The number of methoxy groups -OCH3 is 1. The van der Waals surface area contributed by atoms with Gasteiger partial charge in [-0.25, -0.2) is 4.79 Å². The van der Waals surface area contributed by atoms with Crippen molar-refractivity contribution in [2.45, 2.75) is 33.2 Å². The first kappa shape index (κ1) is 22.0. The molecule has 0 radical (unpaired) electrons. The van der Waals surface area contributed by atoms with E-state index < -0.39 is 24.0 Å². The van der Waals surface area contributed by atoms with Gasteiger partial charge in [0.05, 0.1) is 19.8 Å². The third-order valence-corrected chi connectivity index (χ3v) is 4.03. The zero-order valence-electron chi connectivity index (χ0n) is 16.4. The molecule has 27 heavy (non-hydrogen) atoms. The maximum atomic E-state index is 11.9. The Hall–Kier alpha value is -3.01. The molecule has 1 amide bonds. The van der Waals surface area contributed by atoms with Crippen LogP contribution in [0.4, 0.5) is 0 Å². The first-order valence-electron chi connectivity index (χ1n) is 8.63. The maximum absolute atomic E-state index is 11.9. The molecule has 1 aromatic rings. The molecule has 0 fully saturated rings. The Morgan fingerprint density at radius 2 is 2.04 bits per heavy atom. The molecule has 0 saturated carbocycles. The van der Waals surface area contributed by atoms with E-state index in [4.69, 9.17) is 14.2 Å². The lowest BCUT2D eigenvalue weighted by atomic mass is 9.90. The number of hydrogen-bond acceptors (Lipinski definition) is 6. The first-order chi connectivity index (χ1) is 12.8. The van der Waals surface area contributed by atoms with Crippen molar-refractivity contribution in [1.29, 1.82) is 5.26 Å². The van der Waals surface area contributed by atoms with Gasteiger partial charge in [0.2, 0.25) is 0 Å². The number of benzene rings is 1. The zero-order chi connectivity index (χ0) is 20.4. The van der Waals surface area contributed by atoms with E-state index in [9.17, 15) is 14.9 Å². The Morgan fingerprint density at radius 3 is 2.59 bits per heavy atom. The number of ether oxygens (including phenoxy) is 3. The summed E-state index contributed by atoms with van der Waals surface area (Å²) in [6, 6.07) is 7.30. The molecule has 0 aliphatic heterocycles. The van der Waals surface area contributed by atoms with Crippen molar-refractivity contribution in [3.05, 3.63) is 29.8 Å². The van der Waals surface area contributed by atoms with Crippen LogP contribution in [0.1, 0.15) is 33.3 Å². The fourth-order valence-corrected chi connectivity index (χ4v) is 2.04. The molecule has 7 nitrogen and oxygen atoms in total. The molecule has 0 aliphatic carbocycles. The minimum absolute atomic E-state index is 0.0864. The van der Waals surface area contributed by atoms with Gasteiger partial charge in [0.1, 0.15) is 5.54 Å². The van der Waals surface area contributed by atoms with Crippen LogP contribution in [0, 0.1) is 17.2 Å². The molecular formula is C20H26N2O5. The number of rotatable bonds is 9. The highest BCUT2D eigenvalue weighted by Gasteiger charge is 2.30. The van der Waals surface area contributed by atoms with Crippen molar-refractivity contribution >= 4 is 18.0 Å². The molecule has 1 aromatic carbocycles. The molecule has 0 aliphatic rings. The normalized spacial score (nSPS) is 12.9. The molecule has 146 valence electrons. The summed E-state index contributed by atoms with van der Waals surface area (Å²) in [5.74, 6) is -0.117. The predicted molar refractivity (Wildman–Crippen MR) is 101 cm³/mol. The minimum Gasteiger partial charge on any atom is -0.493 e. The first-order valence-corrected chi connectivity index (χ1v) is 8.63. The van der Waals surface area contributed by atoms with Crippen molar-refractivity contribution in [1.82, 2.24) is 5.32 Å². The van der Waals surface area contributed by atoms with Crippen molar-refractivity contribution < 1.29 is 23.8 Å². The molecule has 0 saturated heterocycles. The molecule has 0 heterocycles. The zero-order valence-corrected chi connectivity index (χ0v) is 16.4. The van der Waals surface area contributed by atoms with Crippen LogP contribution in [-0.2, 0) is 14.3 Å². The van der Waals surface area contributed by atoms with Crippen LogP contribution in [-0.4, -0.2) is 37.7 Å². The summed E-state index contributed by atoms with van der Waals surface area (Å²) < 4.78 is 15.6. The molecule has 0 spiro atoms. The van der Waals surface area contributed by atoms with Gasteiger partial charge in [0.15, 0.2) is 18.1 Å². The molecular weight excluding hydrogens is 348 g/mol. The van der Waals surface area contributed by atoms with Gasteiger partial charge in [-0.05, 0) is 43.5 Å². The predicted octanol–water partition coefficient (Wildman–Crippen LogP) is 2.70. The van der Waals surface area contributed by atoms with Crippen molar-refractivity contribution in [3.63, 3.8) is 0 Å². The van der Waals surface area contributed by atoms with Crippen LogP contribution in [0.3, 0.4) is 0 Å². The molecule has 1 atom stereocenters.